The number of carbonyl (C=O) groups is 1. The number of carbonyl (C=O) groups excluding carboxylic acids is 1. The van der Waals surface area contributed by atoms with E-state index in [0.29, 0.717) is 0 Å². The van der Waals surface area contributed by atoms with Gasteiger partial charge in [0.1, 0.15) is 0 Å². The van der Waals surface area contributed by atoms with Crippen LogP contribution in [-0.4, -0.2) is 12.0 Å². The SMILES string of the molecule is CSc1sccc1C(=O)c1cccc2ccccc12. The molecule has 0 atom stereocenters. The van der Waals surface area contributed by atoms with Crippen LogP contribution in [0.1, 0.15) is 15.9 Å². The second kappa shape index (κ2) is 5.19. The van der Waals surface area contributed by atoms with Crippen LogP contribution in [0.4, 0.5) is 0 Å². The van der Waals surface area contributed by atoms with Crippen LogP contribution in [0.2, 0.25) is 0 Å². The molecule has 19 heavy (non-hydrogen) atoms. The van der Waals surface area contributed by atoms with Gasteiger partial charge in [0.05, 0.1) is 4.21 Å². The van der Waals surface area contributed by atoms with Crippen LogP contribution in [0.3, 0.4) is 0 Å². The topological polar surface area (TPSA) is 17.1 Å². The van der Waals surface area contributed by atoms with Crippen LogP contribution in [0.15, 0.2) is 58.1 Å². The van der Waals surface area contributed by atoms with Crippen LogP contribution >= 0.6 is 23.1 Å². The van der Waals surface area contributed by atoms with Crippen LogP contribution in [0.5, 0.6) is 0 Å². The first-order chi connectivity index (χ1) is 9.31. The van der Waals surface area contributed by atoms with E-state index in [1.807, 2.05) is 60.2 Å². The van der Waals surface area contributed by atoms with Crippen LogP contribution in [0, 0.1) is 0 Å². The third-order valence-corrected chi connectivity index (χ3v) is 5.18. The molecule has 0 aliphatic heterocycles. The molecule has 94 valence electrons. The van der Waals surface area contributed by atoms with Crippen molar-refractivity contribution in [3.63, 3.8) is 0 Å². The molecule has 0 aliphatic carbocycles. The fraction of sp³-hybridized carbons (Fsp3) is 0.0625. The Hall–Kier alpha value is -1.58. The summed E-state index contributed by atoms with van der Waals surface area (Å²) in [6.07, 6.45) is 2.01. The lowest BCUT2D eigenvalue weighted by molar-refractivity contribution is 0.103. The van der Waals surface area contributed by atoms with E-state index in [0.717, 1.165) is 26.1 Å². The molecule has 0 fully saturated rings. The van der Waals surface area contributed by atoms with Crippen molar-refractivity contribution in [1.82, 2.24) is 0 Å². The number of thioether (sulfide) groups is 1. The Morgan fingerprint density at radius 1 is 1.00 bits per heavy atom. The monoisotopic (exact) mass is 284 g/mol. The first-order valence-electron chi connectivity index (χ1n) is 5.95. The van der Waals surface area contributed by atoms with Crippen molar-refractivity contribution >= 4 is 39.7 Å². The molecule has 1 aromatic heterocycles. The lowest BCUT2D eigenvalue weighted by atomic mass is 9.99. The molecule has 3 rings (SSSR count). The van der Waals surface area contributed by atoms with E-state index in [9.17, 15) is 4.79 Å². The van der Waals surface area contributed by atoms with Crippen molar-refractivity contribution in [1.29, 1.82) is 0 Å². The molecule has 1 nitrogen and oxygen atoms in total. The van der Waals surface area contributed by atoms with E-state index in [2.05, 4.69) is 0 Å². The summed E-state index contributed by atoms with van der Waals surface area (Å²) in [7, 11) is 0. The van der Waals surface area contributed by atoms with Crippen molar-refractivity contribution in [3.8, 4) is 0 Å². The largest absolute Gasteiger partial charge is 0.289 e. The Morgan fingerprint density at radius 3 is 2.63 bits per heavy atom. The van der Waals surface area contributed by atoms with E-state index in [1.165, 1.54) is 0 Å². The minimum absolute atomic E-state index is 0.113. The van der Waals surface area contributed by atoms with Gasteiger partial charge in [0.25, 0.3) is 0 Å². The molecule has 0 saturated heterocycles. The van der Waals surface area contributed by atoms with Crippen LogP contribution < -0.4 is 0 Å². The molecule has 0 aliphatic rings. The normalized spacial score (nSPS) is 10.8. The van der Waals surface area contributed by atoms with E-state index in [-0.39, 0.29) is 5.78 Å². The van der Waals surface area contributed by atoms with Gasteiger partial charge < -0.3 is 0 Å². The van der Waals surface area contributed by atoms with Gasteiger partial charge in [-0.1, -0.05) is 42.5 Å². The summed E-state index contributed by atoms with van der Waals surface area (Å²) in [6.45, 7) is 0. The minimum atomic E-state index is 0.113. The van der Waals surface area contributed by atoms with E-state index < -0.39 is 0 Å². The highest BCUT2D eigenvalue weighted by Gasteiger charge is 2.16. The molecule has 0 unspecified atom stereocenters. The average molecular weight is 284 g/mol. The first kappa shape index (κ1) is 12.5. The number of hydrogen-bond acceptors (Lipinski definition) is 3. The molecule has 3 aromatic rings. The number of rotatable bonds is 3. The van der Waals surface area contributed by atoms with E-state index in [1.54, 1.807) is 23.1 Å². The molecule has 0 amide bonds. The quantitative estimate of drug-likeness (QED) is 0.505. The van der Waals surface area contributed by atoms with Crippen LogP contribution in [0.25, 0.3) is 10.8 Å². The predicted octanol–water partition coefficient (Wildman–Crippen LogP) is 4.85. The van der Waals surface area contributed by atoms with Crippen molar-refractivity contribution in [2.75, 3.05) is 6.26 Å². The van der Waals surface area contributed by atoms with E-state index >= 15 is 0 Å². The smallest absolute Gasteiger partial charge is 0.195 e. The van der Waals surface area contributed by atoms with Crippen molar-refractivity contribution in [2.45, 2.75) is 4.21 Å². The zero-order valence-corrected chi connectivity index (χ0v) is 12.1. The molecule has 0 N–H and O–H groups in total. The summed E-state index contributed by atoms with van der Waals surface area (Å²) in [5.41, 5.74) is 1.60. The fourth-order valence-electron chi connectivity index (χ4n) is 2.19. The van der Waals surface area contributed by atoms with Gasteiger partial charge in [0.2, 0.25) is 0 Å². The summed E-state index contributed by atoms with van der Waals surface area (Å²) >= 11 is 3.25. The van der Waals surface area contributed by atoms with Gasteiger partial charge >= 0.3 is 0 Å². The Balaban J connectivity index is 2.17. The van der Waals surface area contributed by atoms with Gasteiger partial charge in [-0.2, -0.15) is 0 Å². The number of ketones is 1. The number of hydrogen-bond donors (Lipinski definition) is 0. The summed E-state index contributed by atoms with van der Waals surface area (Å²) < 4.78 is 1.08. The van der Waals surface area contributed by atoms with Gasteiger partial charge in [-0.15, -0.1) is 23.1 Å². The molecule has 2 aromatic carbocycles. The summed E-state index contributed by atoms with van der Waals surface area (Å²) in [5, 5.41) is 4.10. The Kier molecular flexibility index (Phi) is 3.40. The maximum atomic E-state index is 12.7. The third-order valence-electron chi connectivity index (χ3n) is 3.09. The number of benzene rings is 2. The molecular formula is C16H12OS2. The Bertz CT molecular complexity index is 738. The van der Waals surface area contributed by atoms with Crippen molar-refractivity contribution in [2.24, 2.45) is 0 Å². The van der Waals surface area contributed by atoms with Gasteiger partial charge in [0, 0.05) is 11.1 Å². The van der Waals surface area contributed by atoms with Gasteiger partial charge in [-0.25, -0.2) is 0 Å². The zero-order chi connectivity index (χ0) is 13.2. The molecule has 0 bridgehead atoms. The summed E-state index contributed by atoms with van der Waals surface area (Å²) in [4.78, 5) is 12.7. The molecular weight excluding hydrogens is 272 g/mol. The highest BCUT2D eigenvalue weighted by atomic mass is 32.2. The highest BCUT2D eigenvalue weighted by molar-refractivity contribution is 8.00. The minimum Gasteiger partial charge on any atom is -0.289 e. The second-order valence-electron chi connectivity index (χ2n) is 4.18. The number of thiophene rings is 1. The van der Waals surface area contributed by atoms with Gasteiger partial charge in [-0.05, 0) is 28.5 Å². The van der Waals surface area contributed by atoms with Crippen molar-refractivity contribution in [3.05, 3.63) is 65.0 Å². The maximum Gasteiger partial charge on any atom is 0.195 e. The third kappa shape index (κ3) is 2.20. The maximum absolute atomic E-state index is 12.7. The Morgan fingerprint density at radius 2 is 1.79 bits per heavy atom. The zero-order valence-electron chi connectivity index (χ0n) is 10.4. The molecule has 1 heterocycles. The highest BCUT2D eigenvalue weighted by Crippen LogP contribution is 2.30. The lowest BCUT2D eigenvalue weighted by Crippen LogP contribution is -2.01. The fourth-order valence-corrected chi connectivity index (χ4v) is 3.74. The van der Waals surface area contributed by atoms with Crippen LogP contribution in [-0.2, 0) is 0 Å². The first-order valence-corrected chi connectivity index (χ1v) is 8.05. The standard InChI is InChI=1S/C16H12OS2/c1-18-16-14(9-10-19-16)15(17)13-8-4-6-11-5-2-3-7-12(11)13/h2-10H,1H3. The van der Waals surface area contributed by atoms with Gasteiger partial charge in [-0.3, -0.25) is 4.79 Å². The molecule has 0 radical (unpaired) electrons. The Labute approximate surface area is 120 Å². The summed E-state index contributed by atoms with van der Waals surface area (Å²) in [5.74, 6) is 0.113. The van der Waals surface area contributed by atoms with E-state index in [4.69, 9.17) is 0 Å². The second-order valence-corrected chi connectivity index (χ2v) is 6.17. The average Bonchev–Trinajstić information content (AvgIpc) is 2.94. The molecule has 0 saturated carbocycles. The molecule has 0 spiro atoms. The predicted molar refractivity (Wildman–Crippen MR) is 83.5 cm³/mol. The summed E-state index contributed by atoms with van der Waals surface area (Å²) in [6, 6.07) is 15.8. The van der Waals surface area contributed by atoms with Crippen molar-refractivity contribution < 1.29 is 4.79 Å². The van der Waals surface area contributed by atoms with Gasteiger partial charge in [0.15, 0.2) is 5.78 Å². The lowest BCUT2D eigenvalue weighted by Gasteiger charge is -2.05. The molecule has 3 heteroatoms. The number of fused-ring (bicyclic) bond motifs is 1.